The van der Waals surface area contributed by atoms with Crippen molar-refractivity contribution in [2.24, 2.45) is 0 Å². The summed E-state index contributed by atoms with van der Waals surface area (Å²) in [5.74, 6) is -0.793. The van der Waals surface area contributed by atoms with Crippen LogP contribution in [0.2, 0.25) is 0 Å². The van der Waals surface area contributed by atoms with E-state index in [1.165, 1.54) is 0 Å². The van der Waals surface area contributed by atoms with Gasteiger partial charge >= 0.3 is 5.97 Å². The molecule has 0 aliphatic heterocycles. The standard InChI is InChI=1S/C14H11N3O2S/c18-12(19)5-9-17-7-3-10(4-8-17)14-16-13-11(20-14)2-1-6-15-13/h1-4,6-8H,5,9H2/p+1. The van der Waals surface area contributed by atoms with Gasteiger partial charge in [-0.05, 0) is 12.1 Å². The van der Waals surface area contributed by atoms with Gasteiger partial charge in [-0.15, -0.1) is 11.3 Å². The van der Waals surface area contributed by atoms with Gasteiger partial charge in [0.25, 0.3) is 0 Å². The molecule has 3 aromatic rings. The summed E-state index contributed by atoms with van der Waals surface area (Å²) in [5, 5.41) is 9.58. The van der Waals surface area contributed by atoms with E-state index in [1.54, 1.807) is 17.5 Å². The first-order valence-corrected chi connectivity index (χ1v) is 6.97. The molecule has 0 fully saturated rings. The lowest BCUT2D eigenvalue weighted by atomic mass is 10.3. The Bertz CT molecular complexity index is 719. The third kappa shape index (κ3) is 2.65. The summed E-state index contributed by atoms with van der Waals surface area (Å²) in [6, 6.07) is 7.79. The number of hydrogen-bond donors (Lipinski definition) is 1. The molecule has 0 bridgehead atoms. The Labute approximate surface area is 119 Å². The molecule has 0 unspecified atom stereocenters. The Hall–Kier alpha value is -2.34. The fraction of sp³-hybridized carbons (Fsp3) is 0.143. The van der Waals surface area contributed by atoms with Gasteiger partial charge in [0.15, 0.2) is 24.6 Å². The second kappa shape index (κ2) is 5.34. The number of fused-ring (bicyclic) bond motifs is 1. The topological polar surface area (TPSA) is 67.0 Å². The fourth-order valence-corrected chi connectivity index (χ4v) is 2.80. The van der Waals surface area contributed by atoms with Crippen LogP contribution >= 0.6 is 11.3 Å². The van der Waals surface area contributed by atoms with Crippen molar-refractivity contribution in [2.45, 2.75) is 13.0 Å². The zero-order chi connectivity index (χ0) is 13.9. The summed E-state index contributed by atoms with van der Waals surface area (Å²) in [6.07, 6.45) is 5.60. The van der Waals surface area contributed by atoms with Crippen LogP contribution in [0.25, 0.3) is 20.9 Å². The largest absolute Gasteiger partial charge is 0.481 e. The van der Waals surface area contributed by atoms with E-state index in [0.29, 0.717) is 6.54 Å². The molecule has 20 heavy (non-hydrogen) atoms. The minimum absolute atomic E-state index is 0.120. The fourth-order valence-electron chi connectivity index (χ4n) is 1.87. The Morgan fingerprint density at radius 3 is 2.80 bits per heavy atom. The first kappa shape index (κ1) is 12.7. The van der Waals surface area contributed by atoms with Crippen LogP contribution in [0, 0.1) is 0 Å². The number of carbonyl (C=O) groups is 1. The molecule has 3 aromatic heterocycles. The number of carboxylic acid groups (broad SMARTS) is 1. The number of rotatable bonds is 4. The van der Waals surface area contributed by atoms with E-state index in [2.05, 4.69) is 9.97 Å². The Morgan fingerprint density at radius 2 is 2.10 bits per heavy atom. The predicted octanol–water partition coefficient (Wildman–Crippen LogP) is 2.12. The van der Waals surface area contributed by atoms with Gasteiger partial charge in [0, 0.05) is 23.9 Å². The number of pyridine rings is 2. The van der Waals surface area contributed by atoms with Gasteiger partial charge in [-0.2, -0.15) is 0 Å². The van der Waals surface area contributed by atoms with Crippen molar-refractivity contribution < 1.29 is 14.5 Å². The first-order chi connectivity index (χ1) is 9.72. The summed E-state index contributed by atoms with van der Waals surface area (Å²) in [7, 11) is 0. The highest BCUT2D eigenvalue weighted by atomic mass is 32.1. The number of carboxylic acids is 1. The number of aliphatic carboxylic acids is 1. The van der Waals surface area contributed by atoms with Crippen molar-refractivity contribution in [1.29, 1.82) is 0 Å². The predicted molar refractivity (Wildman–Crippen MR) is 75.3 cm³/mol. The van der Waals surface area contributed by atoms with Crippen molar-refractivity contribution in [2.75, 3.05) is 0 Å². The van der Waals surface area contributed by atoms with Crippen LogP contribution in [0.3, 0.4) is 0 Å². The molecule has 0 spiro atoms. The maximum absolute atomic E-state index is 10.5. The molecule has 1 N–H and O–H groups in total. The quantitative estimate of drug-likeness (QED) is 0.746. The van der Waals surface area contributed by atoms with Gasteiger partial charge in [-0.1, -0.05) is 0 Å². The van der Waals surface area contributed by atoms with Crippen LogP contribution < -0.4 is 4.57 Å². The molecular weight excluding hydrogens is 274 g/mol. The van der Waals surface area contributed by atoms with Crippen molar-refractivity contribution >= 4 is 27.7 Å². The van der Waals surface area contributed by atoms with Crippen LogP contribution in [-0.4, -0.2) is 21.0 Å². The number of nitrogens with zero attached hydrogens (tertiary/aromatic N) is 3. The number of aromatic nitrogens is 3. The molecule has 5 nitrogen and oxygen atoms in total. The average Bonchev–Trinajstić information content (AvgIpc) is 2.89. The summed E-state index contributed by atoms with van der Waals surface area (Å²) < 4.78 is 2.91. The maximum atomic E-state index is 10.5. The molecule has 0 aliphatic rings. The minimum Gasteiger partial charge on any atom is -0.481 e. The molecule has 3 rings (SSSR count). The Kier molecular flexibility index (Phi) is 3.39. The van der Waals surface area contributed by atoms with Crippen molar-refractivity contribution in [1.82, 2.24) is 9.97 Å². The van der Waals surface area contributed by atoms with Crippen molar-refractivity contribution in [3.8, 4) is 10.6 Å². The zero-order valence-electron chi connectivity index (χ0n) is 10.6. The van der Waals surface area contributed by atoms with E-state index in [1.807, 2.05) is 41.2 Å². The lowest BCUT2D eigenvalue weighted by Gasteiger charge is -1.96. The van der Waals surface area contributed by atoms with Crippen molar-refractivity contribution in [3.05, 3.63) is 42.9 Å². The van der Waals surface area contributed by atoms with Crippen molar-refractivity contribution in [3.63, 3.8) is 0 Å². The summed E-state index contributed by atoms with van der Waals surface area (Å²) >= 11 is 1.60. The average molecular weight is 286 g/mol. The summed E-state index contributed by atoms with van der Waals surface area (Å²) in [5.41, 5.74) is 1.77. The smallest absolute Gasteiger partial charge is 0.309 e. The summed E-state index contributed by atoms with van der Waals surface area (Å²) in [4.78, 5) is 19.2. The molecule has 0 atom stereocenters. The van der Waals surface area contributed by atoms with Gasteiger partial charge in [0.05, 0.1) is 4.70 Å². The Balaban J connectivity index is 1.85. The van der Waals surface area contributed by atoms with Crippen LogP contribution in [-0.2, 0) is 11.3 Å². The molecule has 0 amide bonds. The van der Waals surface area contributed by atoms with E-state index < -0.39 is 5.97 Å². The third-order valence-corrected chi connectivity index (χ3v) is 3.95. The van der Waals surface area contributed by atoms with E-state index in [9.17, 15) is 4.79 Å². The first-order valence-electron chi connectivity index (χ1n) is 6.15. The molecule has 0 saturated carbocycles. The molecule has 0 aliphatic carbocycles. The molecule has 6 heteroatoms. The molecule has 0 aromatic carbocycles. The van der Waals surface area contributed by atoms with Crippen LogP contribution in [0.5, 0.6) is 0 Å². The molecular formula is C14H12N3O2S+. The Morgan fingerprint density at radius 1 is 1.30 bits per heavy atom. The number of hydrogen-bond acceptors (Lipinski definition) is 4. The van der Waals surface area contributed by atoms with Crippen LogP contribution in [0.4, 0.5) is 0 Å². The highest BCUT2D eigenvalue weighted by molar-refractivity contribution is 7.21. The molecule has 0 saturated heterocycles. The maximum Gasteiger partial charge on any atom is 0.309 e. The van der Waals surface area contributed by atoms with Crippen LogP contribution in [0.1, 0.15) is 6.42 Å². The van der Waals surface area contributed by atoms with E-state index in [0.717, 1.165) is 20.9 Å². The highest BCUT2D eigenvalue weighted by Crippen LogP contribution is 2.28. The number of thiazole rings is 1. The lowest BCUT2D eigenvalue weighted by molar-refractivity contribution is -0.695. The van der Waals surface area contributed by atoms with Gasteiger partial charge < -0.3 is 5.11 Å². The second-order valence-electron chi connectivity index (χ2n) is 4.31. The normalized spacial score (nSPS) is 10.8. The van der Waals surface area contributed by atoms with Gasteiger partial charge in [0.1, 0.15) is 11.4 Å². The molecule has 0 radical (unpaired) electrons. The SMILES string of the molecule is O=C(O)CC[n+]1ccc(-c2nc3ncccc3s2)cc1. The second-order valence-corrected chi connectivity index (χ2v) is 5.34. The highest BCUT2D eigenvalue weighted by Gasteiger charge is 2.09. The van der Waals surface area contributed by atoms with E-state index in [-0.39, 0.29) is 6.42 Å². The van der Waals surface area contributed by atoms with Gasteiger partial charge in [-0.3, -0.25) is 4.79 Å². The van der Waals surface area contributed by atoms with Gasteiger partial charge in [-0.25, -0.2) is 14.5 Å². The third-order valence-electron chi connectivity index (χ3n) is 2.89. The zero-order valence-corrected chi connectivity index (χ0v) is 11.4. The summed E-state index contributed by atoms with van der Waals surface area (Å²) in [6.45, 7) is 0.469. The number of aryl methyl sites for hydroxylation is 1. The molecule has 3 heterocycles. The van der Waals surface area contributed by atoms with E-state index >= 15 is 0 Å². The molecule has 100 valence electrons. The lowest BCUT2D eigenvalue weighted by Crippen LogP contribution is -2.33. The van der Waals surface area contributed by atoms with Gasteiger partial charge in [0.2, 0.25) is 0 Å². The van der Waals surface area contributed by atoms with E-state index in [4.69, 9.17) is 5.11 Å². The minimum atomic E-state index is -0.793. The monoisotopic (exact) mass is 286 g/mol. The van der Waals surface area contributed by atoms with Crippen LogP contribution in [0.15, 0.2) is 42.9 Å².